The summed E-state index contributed by atoms with van der Waals surface area (Å²) >= 11 is 0. The zero-order valence-electron chi connectivity index (χ0n) is 45.0. The predicted molar refractivity (Wildman–Crippen MR) is 289 cm³/mol. The highest BCUT2D eigenvalue weighted by Gasteiger charge is 2.46. The lowest BCUT2D eigenvalue weighted by Gasteiger charge is -2.36. The number of piperidine rings is 1. The van der Waals surface area contributed by atoms with E-state index in [1.54, 1.807) is 50.2 Å². The molecule has 412 valence electrons. The summed E-state index contributed by atoms with van der Waals surface area (Å²) < 4.78 is 40.0. The summed E-state index contributed by atoms with van der Waals surface area (Å²) in [6.07, 6.45) is 11.2. The highest BCUT2D eigenvalue weighted by molar-refractivity contribution is 7.92. The Morgan fingerprint density at radius 3 is 2.35 bits per heavy atom. The van der Waals surface area contributed by atoms with E-state index in [0.717, 1.165) is 73.1 Å². The number of ether oxygens (including phenoxy) is 2. The SMILES string of the molecule is Cc1[nH]nc(Nc2ncnc3cc(OCC4CCN(c5ncc(O[C@H]6C[C@@H](C(=O)N[C@@H]7CCCc8ccccc87)N(C(=O)[C@@H](NC(=O)[C@H](C)N(C)C(=O)O)C7CCCCC7)C6)cn5)CC4)c(S(=O)(=O)C(C)(C)C)cc23)c1C. The molecule has 21 nitrogen and oxygen atoms in total. The van der Waals surface area contributed by atoms with Crippen molar-refractivity contribution in [2.75, 3.05) is 43.5 Å². The third-order valence-corrected chi connectivity index (χ3v) is 18.6. The molecule has 5 aromatic rings. The number of aryl methyl sites for hydroxylation is 2. The van der Waals surface area contributed by atoms with E-state index < -0.39 is 56.7 Å². The van der Waals surface area contributed by atoms with Crippen molar-refractivity contribution in [3.8, 4) is 11.5 Å². The zero-order chi connectivity index (χ0) is 54.8. The van der Waals surface area contributed by atoms with Gasteiger partial charge in [0.05, 0.1) is 41.9 Å². The molecule has 3 aromatic heterocycles. The number of likely N-dealkylation sites (tertiary alicyclic amines) is 1. The van der Waals surface area contributed by atoms with Crippen LogP contribution in [-0.4, -0.2) is 140 Å². The number of H-pyrrole nitrogens is 1. The molecule has 0 bridgehead atoms. The Kier molecular flexibility index (Phi) is 16.2. The molecule has 4 aliphatic rings. The van der Waals surface area contributed by atoms with Crippen molar-refractivity contribution in [1.29, 1.82) is 0 Å². The number of sulfone groups is 1. The molecule has 2 aromatic carbocycles. The Bertz CT molecular complexity index is 3080. The van der Waals surface area contributed by atoms with Crippen molar-refractivity contribution >= 4 is 62.1 Å². The third-order valence-electron chi connectivity index (χ3n) is 16.1. The van der Waals surface area contributed by atoms with Crippen LogP contribution in [0.2, 0.25) is 0 Å². The van der Waals surface area contributed by atoms with Gasteiger partial charge in [-0.3, -0.25) is 24.4 Å². The molecular formula is C55H72N12O9S. The Balaban J connectivity index is 0.868. The number of rotatable bonds is 16. The molecule has 9 rings (SSSR count). The van der Waals surface area contributed by atoms with Crippen LogP contribution in [0.5, 0.6) is 11.5 Å². The summed E-state index contributed by atoms with van der Waals surface area (Å²) in [4.78, 5) is 77.7. The number of carbonyl (C=O) groups excluding carboxylic acids is 3. The topological polar surface area (TPSA) is 267 Å². The summed E-state index contributed by atoms with van der Waals surface area (Å²) in [6, 6.07) is 8.19. The van der Waals surface area contributed by atoms with E-state index in [9.17, 15) is 32.7 Å². The van der Waals surface area contributed by atoms with E-state index in [2.05, 4.69) is 57.0 Å². The van der Waals surface area contributed by atoms with E-state index in [1.165, 1.54) is 25.9 Å². The Morgan fingerprint density at radius 2 is 1.66 bits per heavy atom. The number of anilines is 3. The minimum atomic E-state index is -3.88. The number of carbonyl (C=O) groups is 4. The highest BCUT2D eigenvalue weighted by atomic mass is 32.2. The molecule has 5 heterocycles. The van der Waals surface area contributed by atoms with Crippen LogP contribution in [0.4, 0.5) is 22.4 Å². The van der Waals surface area contributed by atoms with Gasteiger partial charge < -0.3 is 40.3 Å². The van der Waals surface area contributed by atoms with Crippen molar-refractivity contribution in [1.82, 2.24) is 50.6 Å². The maximum absolute atomic E-state index is 15.0. The first-order valence-corrected chi connectivity index (χ1v) is 28.4. The van der Waals surface area contributed by atoms with Crippen molar-refractivity contribution in [2.45, 2.75) is 152 Å². The van der Waals surface area contributed by atoms with Crippen LogP contribution in [0.25, 0.3) is 10.9 Å². The van der Waals surface area contributed by atoms with Crippen LogP contribution < -0.4 is 30.3 Å². The molecule has 2 saturated heterocycles. The van der Waals surface area contributed by atoms with Gasteiger partial charge in [0.2, 0.25) is 23.7 Å². The molecule has 5 N–H and O–H groups in total. The van der Waals surface area contributed by atoms with Gasteiger partial charge in [-0.05, 0) is 116 Å². The fraction of sp³-hybridized carbons (Fsp3) is 0.545. The fourth-order valence-corrected chi connectivity index (χ4v) is 12.3. The number of carboxylic acid groups (broad SMARTS) is 1. The number of likely N-dealkylation sites (N-methyl/N-ethyl adjacent to an activating group) is 1. The molecule has 4 amide bonds. The molecule has 5 atom stereocenters. The molecule has 0 unspecified atom stereocenters. The Labute approximate surface area is 449 Å². The standard InChI is InChI=1S/C55H72N12O9S/c1-32-33(2)63-64-48(32)62-49-41-25-46(77(73,74)55(4,5)6)45(26-43(41)58-31-59-49)75-30-35-20-22-66(23-21-35)53-56-27-39(28-57-53)76-38-24-44(51(69)60-42-19-13-17-36-14-11-12-18-40(36)42)67(29-38)52(70)47(37-15-9-8-10-16-37)61-50(68)34(3)65(7)54(71)72/h11-12,14,18,25-28,31,34-35,37-38,42,44,47H,8-10,13,15-17,19-24,29-30H2,1-7H3,(H,60,69)(H,61,68)(H,71,72)(H2,58,59,62,63,64)/t34-,38-,42+,44-,47-/m0/s1. The van der Waals surface area contributed by atoms with E-state index in [0.29, 0.717) is 60.2 Å². The van der Waals surface area contributed by atoms with Crippen LogP contribution in [0.1, 0.15) is 120 Å². The molecule has 3 fully saturated rings. The molecule has 22 heteroatoms. The third kappa shape index (κ3) is 11.9. The summed E-state index contributed by atoms with van der Waals surface area (Å²) in [6.45, 7) is 11.9. The normalized spacial score (nSPS) is 20.2. The summed E-state index contributed by atoms with van der Waals surface area (Å²) in [5.41, 5.74) is 4.57. The average molecular weight is 1080 g/mol. The van der Waals surface area contributed by atoms with Gasteiger partial charge in [0.1, 0.15) is 47.0 Å². The lowest BCUT2D eigenvalue weighted by molar-refractivity contribution is -0.143. The van der Waals surface area contributed by atoms with Crippen molar-refractivity contribution in [3.05, 3.63) is 77.5 Å². The van der Waals surface area contributed by atoms with Gasteiger partial charge in [0.25, 0.3) is 0 Å². The molecule has 2 aliphatic heterocycles. The summed E-state index contributed by atoms with van der Waals surface area (Å²) in [7, 11) is -2.56. The van der Waals surface area contributed by atoms with E-state index in [1.807, 2.05) is 32.0 Å². The molecule has 77 heavy (non-hydrogen) atoms. The van der Waals surface area contributed by atoms with E-state index >= 15 is 0 Å². The largest absolute Gasteiger partial charge is 0.492 e. The quantitative estimate of drug-likeness (QED) is 0.0667. The second kappa shape index (κ2) is 22.9. The number of amides is 4. The lowest BCUT2D eigenvalue weighted by atomic mass is 9.83. The lowest BCUT2D eigenvalue weighted by Crippen LogP contribution is -2.58. The van der Waals surface area contributed by atoms with E-state index in [-0.39, 0.29) is 54.0 Å². The van der Waals surface area contributed by atoms with Gasteiger partial charge in [-0.2, -0.15) is 5.10 Å². The van der Waals surface area contributed by atoms with Gasteiger partial charge >= 0.3 is 6.09 Å². The van der Waals surface area contributed by atoms with Crippen LogP contribution in [0, 0.1) is 25.7 Å². The summed E-state index contributed by atoms with van der Waals surface area (Å²) in [5.74, 6) is 0.740. The van der Waals surface area contributed by atoms with Crippen molar-refractivity contribution in [2.24, 2.45) is 11.8 Å². The predicted octanol–water partition coefficient (Wildman–Crippen LogP) is 6.98. The number of benzene rings is 2. The summed E-state index contributed by atoms with van der Waals surface area (Å²) in [5, 5.41) is 26.9. The second-order valence-corrected chi connectivity index (χ2v) is 24.8. The maximum atomic E-state index is 15.0. The number of fused-ring (bicyclic) bond motifs is 2. The molecule has 2 aliphatic carbocycles. The van der Waals surface area contributed by atoms with Gasteiger partial charge in [-0.1, -0.05) is 43.5 Å². The van der Waals surface area contributed by atoms with Crippen LogP contribution in [-0.2, 0) is 30.6 Å². The number of aromatic nitrogens is 6. The van der Waals surface area contributed by atoms with Gasteiger partial charge in [0.15, 0.2) is 21.4 Å². The first kappa shape index (κ1) is 54.7. The van der Waals surface area contributed by atoms with Crippen LogP contribution in [0.15, 0.2) is 60.0 Å². The van der Waals surface area contributed by atoms with Crippen LogP contribution in [0.3, 0.4) is 0 Å². The molecule has 0 spiro atoms. The smallest absolute Gasteiger partial charge is 0.407 e. The average Bonchev–Trinajstić information content (AvgIpc) is 4.01. The van der Waals surface area contributed by atoms with Crippen molar-refractivity contribution < 1.29 is 42.2 Å². The van der Waals surface area contributed by atoms with Crippen molar-refractivity contribution in [3.63, 3.8) is 0 Å². The number of hydrogen-bond donors (Lipinski definition) is 5. The highest BCUT2D eigenvalue weighted by Crippen LogP contribution is 2.39. The minimum absolute atomic E-state index is 0.0599. The number of nitrogens with one attached hydrogen (secondary N) is 4. The second-order valence-electron chi connectivity index (χ2n) is 22.1. The number of hydrogen-bond acceptors (Lipinski definition) is 15. The molecular weight excluding hydrogens is 1000 g/mol. The maximum Gasteiger partial charge on any atom is 0.407 e. The number of nitrogens with zero attached hydrogens (tertiary/aromatic N) is 8. The van der Waals surface area contributed by atoms with Gasteiger partial charge in [0, 0.05) is 49.3 Å². The Hall–Kier alpha value is -7.10. The molecule has 1 saturated carbocycles. The molecule has 0 radical (unpaired) electrons. The minimum Gasteiger partial charge on any atom is -0.492 e. The van der Waals surface area contributed by atoms with E-state index in [4.69, 9.17) is 9.47 Å². The number of aromatic amines is 1. The fourth-order valence-electron chi connectivity index (χ4n) is 11.0. The van der Waals surface area contributed by atoms with Gasteiger partial charge in [-0.25, -0.2) is 33.1 Å². The monoisotopic (exact) mass is 1080 g/mol. The van der Waals surface area contributed by atoms with Crippen LogP contribution >= 0.6 is 0 Å². The van der Waals surface area contributed by atoms with Gasteiger partial charge in [-0.15, -0.1) is 0 Å². The first-order chi connectivity index (χ1) is 36.8. The Morgan fingerprint density at radius 1 is 0.935 bits per heavy atom. The first-order valence-electron chi connectivity index (χ1n) is 26.9. The zero-order valence-corrected chi connectivity index (χ0v) is 45.9.